The number of rotatable bonds is 4. The van der Waals surface area contributed by atoms with Crippen LogP contribution in [-0.2, 0) is 5.41 Å². The second kappa shape index (κ2) is 8.09. The van der Waals surface area contributed by atoms with Crippen molar-refractivity contribution in [1.82, 2.24) is 4.98 Å². The molecule has 0 fully saturated rings. The van der Waals surface area contributed by atoms with E-state index in [0.29, 0.717) is 5.56 Å². The molecule has 0 aliphatic rings. The Labute approximate surface area is 191 Å². The largest absolute Gasteiger partial charge is 0.355 e. The smallest absolute Gasteiger partial charge is 0.150 e. The van der Waals surface area contributed by atoms with Crippen LogP contribution in [-0.4, -0.2) is 11.3 Å². The molecule has 0 saturated carbocycles. The first-order chi connectivity index (χ1) is 15.1. The minimum absolute atomic E-state index is 0.0363. The number of H-pyrrole nitrogens is 1. The van der Waals surface area contributed by atoms with Crippen LogP contribution in [0, 0.1) is 5.41 Å². The predicted molar refractivity (Wildman–Crippen MR) is 136 cm³/mol. The van der Waals surface area contributed by atoms with Crippen LogP contribution in [0.5, 0.6) is 0 Å². The third-order valence-electron chi connectivity index (χ3n) is 6.31. The van der Waals surface area contributed by atoms with Crippen molar-refractivity contribution < 1.29 is 4.79 Å². The number of carbonyl (C=O) groups is 1. The molecule has 3 aromatic carbocycles. The highest BCUT2D eigenvalue weighted by Crippen LogP contribution is 2.41. The first-order valence-electron chi connectivity index (χ1n) is 11.3. The molecule has 1 heterocycles. The quantitative estimate of drug-likeness (QED) is 0.330. The summed E-state index contributed by atoms with van der Waals surface area (Å²) in [5, 5.41) is 1.22. The average molecular weight is 424 g/mol. The molecule has 1 atom stereocenters. The first kappa shape index (κ1) is 22.1. The summed E-state index contributed by atoms with van der Waals surface area (Å²) in [6.07, 6.45) is 0.899. The molecule has 1 aromatic heterocycles. The Hall–Kier alpha value is -3.13. The summed E-state index contributed by atoms with van der Waals surface area (Å²) in [4.78, 5) is 14.7. The molecule has 0 saturated heterocycles. The highest BCUT2D eigenvalue weighted by Gasteiger charge is 2.28. The Morgan fingerprint density at radius 3 is 1.94 bits per heavy atom. The summed E-state index contributed by atoms with van der Waals surface area (Å²) in [7, 11) is 0. The van der Waals surface area contributed by atoms with Gasteiger partial charge in [-0.2, -0.15) is 0 Å². The van der Waals surface area contributed by atoms with Crippen molar-refractivity contribution in [3.05, 3.63) is 95.1 Å². The van der Waals surface area contributed by atoms with Gasteiger partial charge in [-0.25, -0.2) is 0 Å². The highest BCUT2D eigenvalue weighted by molar-refractivity contribution is 5.86. The number of hydrogen-bond acceptors (Lipinski definition) is 1. The molecular weight excluding hydrogens is 390 g/mol. The van der Waals surface area contributed by atoms with E-state index in [2.05, 4.69) is 107 Å². The molecule has 0 amide bonds. The molecule has 4 aromatic rings. The summed E-state index contributed by atoms with van der Waals surface area (Å²) in [6.45, 7) is 13.5. The topological polar surface area (TPSA) is 32.9 Å². The van der Waals surface area contributed by atoms with Crippen molar-refractivity contribution in [1.29, 1.82) is 0 Å². The number of hydrogen-bond donors (Lipinski definition) is 1. The standard InChI is InChI=1S/C30H33NO/c1-29(2,3)25-15-13-21(14-16-25)26-17-23-11-12-24(18-27(23)31-26)28(30(4,5)6)22-9-7-20(19-32)8-10-22/h7-19,28,31H,1-6H3. The second-order valence-electron chi connectivity index (χ2n) is 10.9. The Morgan fingerprint density at radius 1 is 0.750 bits per heavy atom. The third kappa shape index (κ3) is 4.41. The van der Waals surface area contributed by atoms with Gasteiger partial charge in [0.2, 0.25) is 0 Å². The van der Waals surface area contributed by atoms with Crippen molar-refractivity contribution >= 4 is 17.2 Å². The van der Waals surface area contributed by atoms with Gasteiger partial charge >= 0.3 is 0 Å². The molecule has 0 aliphatic carbocycles. The van der Waals surface area contributed by atoms with Crippen molar-refractivity contribution in [3.63, 3.8) is 0 Å². The number of aldehydes is 1. The maximum Gasteiger partial charge on any atom is 0.150 e. The van der Waals surface area contributed by atoms with E-state index in [-0.39, 0.29) is 16.7 Å². The molecule has 1 N–H and O–H groups in total. The van der Waals surface area contributed by atoms with Crippen LogP contribution in [0.1, 0.15) is 74.5 Å². The van der Waals surface area contributed by atoms with Gasteiger partial charge in [0.05, 0.1) is 0 Å². The highest BCUT2D eigenvalue weighted by atomic mass is 16.1. The van der Waals surface area contributed by atoms with E-state index in [1.165, 1.54) is 27.6 Å². The molecule has 32 heavy (non-hydrogen) atoms. The molecule has 0 bridgehead atoms. The molecule has 4 rings (SSSR count). The zero-order valence-electron chi connectivity index (χ0n) is 20.0. The lowest BCUT2D eigenvalue weighted by atomic mass is 9.72. The number of carbonyl (C=O) groups excluding carboxylic acids is 1. The van der Waals surface area contributed by atoms with Crippen molar-refractivity contribution in [2.24, 2.45) is 5.41 Å². The molecule has 2 nitrogen and oxygen atoms in total. The van der Waals surface area contributed by atoms with Gasteiger partial charge in [-0.3, -0.25) is 4.79 Å². The van der Waals surface area contributed by atoms with E-state index >= 15 is 0 Å². The normalized spacial score (nSPS) is 13.3. The van der Waals surface area contributed by atoms with Gasteiger partial charge in [0.15, 0.2) is 0 Å². The molecule has 1 unspecified atom stereocenters. The molecule has 0 spiro atoms. The van der Waals surface area contributed by atoms with E-state index in [0.717, 1.165) is 17.5 Å². The maximum atomic E-state index is 11.1. The van der Waals surface area contributed by atoms with Crippen molar-refractivity contribution in [3.8, 4) is 11.3 Å². The van der Waals surface area contributed by atoms with Crippen molar-refractivity contribution in [2.45, 2.75) is 52.9 Å². The fourth-order valence-corrected chi connectivity index (χ4v) is 4.59. The Kier molecular flexibility index (Phi) is 5.58. The van der Waals surface area contributed by atoms with Gasteiger partial charge in [0.25, 0.3) is 0 Å². The molecule has 0 aliphatic heterocycles. The van der Waals surface area contributed by atoms with Gasteiger partial charge in [0, 0.05) is 28.1 Å². The molecule has 164 valence electrons. The lowest BCUT2D eigenvalue weighted by Crippen LogP contribution is -2.19. The Morgan fingerprint density at radius 2 is 1.38 bits per heavy atom. The monoisotopic (exact) mass is 423 g/mol. The molecule has 0 radical (unpaired) electrons. The van der Waals surface area contributed by atoms with Crippen LogP contribution >= 0.6 is 0 Å². The van der Waals surface area contributed by atoms with Gasteiger partial charge in [-0.15, -0.1) is 0 Å². The summed E-state index contributed by atoms with van der Waals surface area (Å²) >= 11 is 0. The van der Waals surface area contributed by atoms with E-state index in [4.69, 9.17) is 0 Å². The van der Waals surface area contributed by atoms with Crippen LogP contribution in [0.25, 0.3) is 22.2 Å². The number of nitrogens with one attached hydrogen (secondary N) is 1. The summed E-state index contributed by atoms with van der Waals surface area (Å²) in [5.74, 6) is 0.227. The fraction of sp³-hybridized carbons (Fsp3) is 0.300. The lowest BCUT2D eigenvalue weighted by Gasteiger charge is -2.32. The number of benzene rings is 3. The zero-order valence-corrected chi connectivity index (χ0v) is 20.0. The second-order valence-corrected chi connectivity index (χ2v) is 10.9. The zero-order chi connectivity index (χ0) is 23.1. The van der Waals surface area contributed by atoms with Crippen LogP contribution in [0.2, 0.25) is 0 Å². The minimum Gasteiger partial charge on any atom is -0.355 e. The summed E-state index contributed by atoms with van der Waals surface area (Å²) in [6, 6.07) is 25.8. The van der Waals surface area contributed by atoms with Crippen LogP contribution in [0.4, 0.5) is 0 Å². The van der Waals surface area contributed by atoms with Gasteiger partial charge in [-0.1, -0.05) is 102 Å². The average Bonchev–Trinajstić information content (AvgIpc) is 3.16. The number of fused-ring (bicyclic) bond motifs is 1. The van der Waals surface area contributed by atoms with Gasteiger partial charge in [-0.05, 0) is 45.2 Å². The number of aromatic nitrogens is 1. The van der Waals surface area contributed by atoms with Gasteiger partial charge < -0.3 is 4.98 Å². The Bertz CT molecular complexity index is 1230. The van der Waals surface area contributed by atoms with E-state index in [1.807, 2.05) is 12.1 Å². The summed E-state index contributed by atoms with van der Waals surface area (Å²) < 4.78 is 0. The lowest BCUT2D eigenvalue weighted by molar-refractivity contribution is 0.112. The number of aromatic amines is 1. The maximum absolute atomic E-state index is 11.1. The van der Waals surface area contributed by atoms with Crippen LogP contribution in [0.3, 0.4) is 0 Å². The van der Waals surface area contributed by atoms with E-state index in [9.17, 15) is 4.79 Å². The Balaban J connectivity index is 1.73. The van der Waals surface area contributed by atoms with Crippen LogP contribution in [0.15, 0.2) is 72.8 Å². The van der Waals surface area contributed by atoms with E-state index in [1.54, 1.807) is 0 Å². The molecule has 2 heteroatoms. The third-order valence-corrected chi connectivity index (χ3v) is 6.31. The minimum atomic E-state index is 0.0363. The fourth-order valence-electron chi connectivity index (χ4n) is 4.59. The van der Waals surface area contributed by atoms with Gasteiger partial charge in [0.1, 0.15) is 6.29 Å². The van der Waals surface area contributed by atoms with Crippen molar-refractivity contribution in [2.75, 3.05) is 0 Å². The first-order valence-corrected chi connectivity index (χ1v) is 11.3. The van der Waals surface area contributed by atoms with Crippen LogP contribution < -0.4 is 0 Å². The molecular formula is C30H33NO. The SMILES string of the molecule is CC(C)(C)c1ccc(-c2cc3ccc(C(c4ccc(C=O)cc4)C(C)(C)C)cc3[nH]2)cc1. The summed E-state index contributed by atoms with van der Waals surface area (Å²) in [5.41, 5.74) is 8.24. The predicted octanol–water partition coefficient (Wildman–Crippen LogP) is 8.12. The van der Waals surface area contributed by atoms with E-state index < -0.39 is 0 Å².